The van der Waals surface area contributed by atoms with Gasteiger partial charge in [0.15, 0.2) is 0 Å². The minimum atomic E-state index is 0.0975. The number of halogens is 2. The number of nitrogens with one attached hydrogen (secondary N) is 1. The van der Waals surface area contributed by atoms with Crippen LogP contribution in [0.15, 0.2) is 28.1 Å². The van der Waals surface area contributed by atoms with E-state index >= 15 is 0 Å². The molecule has 1 atom stereocenters. The molecule has 0 aliphatic rings. The molecule has 0 aliphatic heterocycles. The third kappa shape index (κ3) is 2.88. The van der Waals surface area contributed by atoms with Crippen molar-refractivity contribution in [1.82, 2.24) is 10.3 Å². The van der Waals surface area contributed by atoms with Crippen LogP contribution in [0.2, 0.25) is 5.02 Å². The Labute approximate surface area is 118 Å². The topological polar surface area (TPSA) is 24.9 Å². The molecule has 0 fully saturated rings. The van der Waals surface area contributed by atoms with Crippen LogP contribution < -0.4 is 5.32 Å². The van der Waals surface area contributed by atoms with Gasteiger partial charge in [-0.1, -0.05) is 33.6 Å². The average Bonchev–Trinajstić information content (AvgIpc) is 2.69. The van der Waals surface area contributed by atoms with Gasteiger partial charge in [-0.05, 0) is 31.7 Å². The molecule has 0 spiro atoms. The van der Waals surface area contributed by atoms with Crippen molar-refractivity contribution in [2.75, 3.05) is 7.05 Å². The first-order chi connectivity index (χ1) is 8.11. The van der Waals surface area contributed by atoms with E-state index in [0.29, 0.717) is 0 Å². The highest BCUT2D eigenvalue weighted by Crippen LogP contribution is 2.31. The molecule has 1 aromatic carbocycles. The van der Waals surface area contributed by atoms with Gasteiger partial charge in [0.2, 0.25) is 0 Å². The van der Waals surface area contributed by atoms with Crippen molar-refractivity contribution >= 4 is 38.9 Å². The van der Waals surface area contributed by atoms with Crippen LogP contribution >= 0.6 is 38.9 Å². The quantitative estimate of drug-likeness (QED) is 0.913. The molecule has 0 bridgehead atoms. The Hall–Kier alpha value is -0.420. The number of nitrogens with zero attached hydrogens (tertiary/aromatic N) is 1. The predicted molar refractivity (Wildman–Crippen MR) is 76.9 cm³/mol. The monoisotopic (exact) mass is 330 g/mol. The van der Waals surface area contributed by atoms with E-state index < -0.39 is 0 Å². The Morgan fingerprint density at radius 2 is 2.24 bits per heavy atom. The summed E-state index contributed by atoms with van der Waals surface area (Å²) in [5, 5.41) is 7.13. The summed E-state index contributed by atoms with van der Waals surface area (Å²) in [6.07, 6.45) is 0. The third-order valence-electron chi connectivity index (χ3n) is 2.45. The van der Waals surface area contributed by atoms with E-state index in [0.717, 1.165) is 25.8 Å². The summed E-state index contributed by atoms with van der Waals surface area (Å²) in [6, 6.07) is 5.92. The Balaban J connectivity index is 2.42. The van der Waals surface area contributed by atoms with E-state index in [-0.39, 0.29) is 6.04 Å². The van der Waals surface area contributed by atoms with Crippen LogP contribution in [0, 0.1) is 6.92 Å². The molecular formula is C12H12BrClN2S. The first kappa shape index (κ1) is 13.0. The third-order valence-corrected chi connectivity index (χ3v) is 4.40. The molecule has 0 amide bonds. The summed E-state index contributed by atoms with van der Waals surface area (Å²) in [6.45, 7) is 2.00. The molecule has 2 aromatic rings. The van der Waals surface area contributed by atoms with Crippen molar-refractivity contribution in [2.24, 2.45) is 0 Å². The Bertz CT molecular complexity index is 527. The molecule has 1 aromatic heterocycles. The highest BCUT2D eigenvalue weighted by Gasteiger charge is 2.17. The highest BCUT2D eigenvalue weighted by atomic mass is 79.9. The van der Waals surface area contributed by atoms with Crippen LogP contribution in [0.5, 0.6) is 0 Å². The van der Waals surface area contributed by atoms with E-state index in [1.165, 1.54) is 0 Å². The number of thiazole rings is 1. The number of aromatic nitrogens is 1. The minimum absolute atomic E-state index is 0.0975. The fourth-order valence-electron chi connectivity index (χ4n) is 1.65. The van der Waals surface area contributed by atoms with Gasteiger partial charge >= 0.3 is 0 Å². The van der Waals surface area contributed by atoms with Gasteiger partial charge < -0.3 is 5.32 Å². The molecule has 1 N–H and O–H groups in total. The number of hydrogen-bond donors (Lipinski definition) is 1. The van der Waals surface area contributed by atoms with Crippen LogP contribution in [0.25, 0.3) is 0 Å². The lowest BCUT2D eigenvalue weighted by Gasteiger charge is -2.15. The van der Waals surface area contributed by atoms with Crippen molar-refractivity contribution in [2.45, 2.75) is 13.0 Å². The normalized spacial score (nSPS) is 12.7. The molecule has 17 heavy (non-hydrogen) atoms. The van der Waals surface area contributed by atoms with Gasteiger partial charge in [-0.25, -0.2) is 4.98 Å². The maximum Gasteiger partial charge on any atom is 0.114 e. The standard InChI is InChI=1S/C12H12BrClN2S/c1-7-6-17-12(16-7)11(15-2)9-4-3-8(14)5-10(9)13/h3-6,11,15H,1-2H3. The summed E-state index contributed by atoms with van der Waals surface area (Å²) in [7, 11) is 1.93. The first-order valence-electron chi connectivity index (χ1n) is 5.16. The summed E-state index contributed by atoms with van der Waals surface area (Å²) in [4.78, 5) is 4.52. The molecule has 0 saturated heterocycles. The summed E-state index contributed by atoms with van der Waals surface area (Å²) in [5.74, 6) is 0. The van der Waals surface area contributed by atoms with Gasteiger partial charge in [-0.2, -0.15) is 0 Å². The second kappa shape index (κ2) is 5.48. The Morgan fingerprint density at radius 3 is 2.76 bits per heavy atom. The molecular weight excluding hydrogens is 320 g/mol. The first-order valence-corrected chi connectivity index (χ1v) is 7.21. The Kier molecular flexibility index (Phi) is 4.20. The van der Waals surface area contributed by atoms with E-state index in [4.69, 9.17) is 11.6 Å². The zero-order valence-electron chi connectivity index (χ0n) is 9.50. The zero-order chi connectivity index (χ0) is 12.4. The number of benzene rings is 1. The molecule has 1 heterocycles. The molecule has 0 saturated carbocycles. The van der Waals surface area contributed by atoms with E-state index in [1.807, 2.05) is 32.2 Å². The summed E-state index contributed by atoms with van der Waals surface area (Å²) in [5.41, 5.74) is 2.20. The smallest absolute Gasteiger partial charge is 0.114 e. The van der Waals surface area contributed by atoms with Crippen molar-refractivity contribution in [3.63, 3.8) is 0 Å². The lowest BCUT2D eigenvalue weighted by molar-refractivity contribution is 0.682. The number of rotatable bonds is 3. The van der Waals surface area contributed by atoms with Crippen molar-refractivity contribution in [1.29, 1.82) is 0 Å². The van der Waals surface area contributed by atoms with Crippen molar-refractivity contribution in [3.05, 3.63) is 49.3 Å². The summed E-state index contributed by atoms with van der Waals surface area (Å²) < 4.78 is 0.997. The van der Waals surface area contributed by atoms with Gasteiger partial charge in [0, 0.05) is 20.6 Å². The lowest BCUT2D eigenvalue weighted by Crippen LogP contribution is -2.18. The van der Waals surface area contributed by atoms with Gasteiger partial charge in [0.25, 0.3) is 0 Å². The molecule has 2 nitrogen and oxygen atoms in total. The van der Waals surface area contributed by atoms with Crippen LogP contribution in [0.1, 0.15) is 22.3 Å². The fourth-order valence-corrected chi connectivity index (χ4v) is 3.49. The van der Waals surface area contributed by atoms with E-state index in [2.05, 4.69) is 31.6 Å². The van der Waals surface area contributed by atoms with Gasteiger partial charge in [0.05, 0.1) is 6.04 Å². The zero-order valence-corrected chi connectivity index (χ0v) is 12.7. The fraction of sp³-hybridized carbons (Fsp3) is 0.250. The molecule has 5 heteroatoms. The minimum Gasteiger partial charge on any atom is -0.307 e. The van der Waals surface area contributed by atoms with Crippen LogP contribution in [0.4, 0.5) is 0 Å². The average molecular weight is 332 g/mol. The van der Waals surface area contributed by atoms with E-state index in [9.17, 15) is 0 Å². The number of aryl methyl sites for hydroxylation is 1. The van der Waals surface area contributed by atoms with Gasteiger partial charge in [-0.3, -0.25) is 0 Å². The highest BCUT2D eigenvalue weighted by molar-refractivity contribution is 9.10. The van der Waals surface area contributed by atoms with Crippen LogP contribution in [-0.2, 0) is 0 Å². The molecule has 90 valence electrons. The second-order valence-corrected chi connectivity index (χ2v) is 5.90. The second-order valence-electron chi connectivity index (χ2n) is 3.71. The molecule has 2 rings (SSSR count). The van der Waals surface area contributed by atoms with Gasteiger partial charge in [-0.15, -0.1) is 11.3 Å². The predicted octanol–water partition coefficient (Wildman–Crippen LogP) is 4.18. The Morgan fingerprint density at radius 1 is 1.47 bits per heavy atom. The van der Waals surface area contributed by atoms with Crippen LogP contribution in [0.3, 0.4) is 0 Å². The molecule has 0 aliphatic carbocycles. The molecule has 1 unspecified atom stereocenters. The lowest BCUT2D eigenvalue weighted by atomic mass is 10.1. The van der Waals surface area contributed by atoms with Crippen molar-refractivity contribution < 1.29 is 0 Å². The SMILES string of the molecule is CNC(c1nc(C)cs1)c1ccc(Cl)cc1Br. The number of hydrogen-bond acceptors (Lipinski definition) is 3. The maximum atomic E-state index is 5.95. The van der Waals surface area contributed by atoms with Gasteiger partial charge in [0.1, 0.15) is 5.01 Å². The largest absolute Gasteiger partial charge is 0.307 e. The maximum absolute atomic E-state index is 5.95. The molecule has 0 radical (unpaired) electrons. The van der Waals surface area contributed by atoms with Crippen molar-refractivity contribution in [3.8, 4) is 0 Å². The van der Waals surface area contributed by atoms with E-state index in [1.54, 1.807) is 11.3 Å². The summed E-state index contributed by atoms with van der Waals surface area (Å²) >= 11 is 11.2. The van der Waals surface area contributed by atoms with Crippen LogP contribution in [-0.4, -0.2) is 12.0 Å².